The summed E-state index contributed by atoms with van der Waals surface area (Å²) in [6, 6.07) is 46.6. The van der Waals surface area contributed by atoms with E-state index in [0.29, 0.717) is 12.1 Å². The second-order valence-electron chi connectivity index (χ2n) is 10.4. The molecule has 0 N–H and O–H groups in total. The van der Waals surface area contributed by atoms with Crippen molar-refractivity contribution in [1.82, 2.24) is 9.97 Å². The van der Waals surface area contributed by atoms with Crippen LogP contribution in [0, 0.1) is 22.7 Å². The molecule has 0 amide bonds. The van der Waals surface area contributed by atoms with Crippen LogP contribution in [0.2, 0.25) is 0 Å². The average Bonchev–Trinajstić information content (AvgIpc) is 3.08. The Morgan fingerprint density at radius 2 is 0.976 bits per heavy atom. The van der Waals surface area contributed by atoms with Gasteiger partial charge >= 0.3 is 0 Å². The van der Waals surface area contributed by atoms with E-state index in [2.05, 4.69) is 131 Å². The van der Waals surface area contributed by atoms with Gasteiger partial charge < -0.3 is 0 Å². The van der Waals surface area contributed by atoms with E-state index in [9.17, 15) is 10.5 Å². The molecule has 6 aromatic rings. The largest absolute Gasteiger partial charge is 0.234 e. The molecule has 7 rings (SSSR count). The van der Waals surface area contributed by atoms with Gasteiger partial charge in [0.25, 0.3) is 0 Å². The van der Waals surface area contributed by atoms with Crippen molar-refractivity contribution in [2.24, 2.45) is 0 Å². The molecule has 0 saturated heterocycles. The van der Waals surface area contributed by atoms with Gasteiger partial charge in [-0.3, -0.25) is 0 Å². The van der Waals surface area contributed by atoms with Crippen molar-refractivity contribution in [3.05, 3.63) is 144 Å². The molecule has 1 aliphatic rings. The lowest BCUT2D eigenvalue weighted by molar-refractivity contribution is 0.898. The van der Waals surface area contributed by atoms with Gasteiger partial charge in [0.1, 0.15) is 17.8 Å². The predicted octanol–water partition coefficient (Wildman–Crippen LogP) is 8.65. The quantitative estimate of drug-likeness (QED) is 0.226. The van der Waals surface area contributed by atoms with E-state index in [0.717, 1.165) is 62.1 Å². The standard InChI is InChI=1S/C38H24N4/c39-23-36-33-18-17-32-34(30-16-8-14-28(20-30)26-11-5-2-6-12-26)21-31(22-35(32)38(33)42-37(24-40)41-36)29-15-7-13-27(19-29)25-9-3-1-4-10-25/h1-16,19-22H,17-18H2. The number of nitrogens with zero attached hydrogens (tertiary/aromatic N) is 4. The second kappa shape index (κ2) is 10.6. The van der Waals surface area contributed by atoms with E-state index in [-0.39, 0.29) is 11.5 Å². The number of aromatic nitrogens is 2. The molecular formula is C38H24N4. The Bertz CT molecular complexity index is 2050. The Morgan fingerprint density at radius 1 is 0.452 bits per heavy atom. The van der Waals surface area contributed by atoms with Gasteiger partial charge in [0.2, 0.25) is 5.82 Å². The van der Waals surface area contributed by atoms with Crippen molar-refractivity contribution < 1.29 is 0 Å². The van der Waals surface area contributed by atoms with Crippen molar-refractivity contribution in [3.8, 4) is 67.9 Å². The van der Waals surface area contributed by atoms with Gasteiger partial charge in [0, 0.05) is 11.1 Å². The molecule has 0 aliphatic heterocycles. The predicted molar refractivity (Wildman–Crippen MR) is 166 cm³/mol. The van der Waals surface area contributed by atoms with Crippen LogP contribution in [-0.2, 0) is 12.8 Å². The third-order valence-corrected chi connectivity index (χ3v) is 7.93. The molecule has 0 bridgehead atoms. The van der Waals surface area contributed by atoms with E-state index in [4.69, 9.17) is 0 Å². The third-order valence-electron chi connectivity index (χ3n) is 7.93. The number of hydrogen-bond acceptors (Lipinski definition) is 4. The zero-order valence-corrected chi connectivity index (χ0v) is 22.8. The first kappa shape index (κ1) is 25.1. The average molecular weight is 537 g/mol. The molecule has 42 heavy (non-hydrogen) atoms. The van der Waals surface area contributed by atoms with Gasteiger partial charge in [-0.25, -0.2) is 9.97 Å². The minimum atomic E-state index is 0.0160. The first-order valence-electron chi connectivity index (χ1n) is 13.9. The maximum absolute atomic E-state index is 9.85. The lowest BCUT2D eigenvalue weighted by Crippen LogP contribution is -2.12. The summed E-state index contributed by atoms with van der Waals surface area (Å²) in [4.78, 5) is 8.87. The number of rotatable bonds is 4. The van der Waals surface area contributed by atoms with E-state index in [1.807, 2.05) is 12.1 Å². The maximum Gasteiger partial charge on any atom is 0.234 e. The molecule has 196 valence electrons. The van der Waals surface area contributed by atoms with E-state index in [1.54, 1.807) is 0 Å². The van der Waals surface area contributed by atoms with Gasteiger partial charge in [0.15, 0.2) is 0 Å². The summed E-state index contributed by atoms with van der Waals surface area (Å²) in [5, 5.41) is 19.5. The topological polar surface area (TPSA) is 73.4 Å². The van der Waals surface area contributed by atoms with Crippen LogP contribution in [0.3, 0.4) is 0 Å². The lowest BCUT2D eigenvalue weighted by Gasteiger charge is -2.24. The van der Waals surface area contributed by atoms with Gasteiger partial charge in [-0.15, -0.1) is 0 Å². The van der Waals surface area contributed by atoms with Gasteiger partial charge in [0.05, 0.1) is 5.69 Å². The number of benzene rings is 5. The van der Waals surface area contributed by atoms with Crippen LogP contribution in [0.15, 0.2) is 121 Å². The van der Waals surface area contributed by atoms with E-state index < -0.39 is 0 Å². The molecule has 0 unspecified atom stereocenters. The molecule has 1 aliphatic carbocycles. The molecule has 0 atom stereocenters. The molecule has 1 aromatic heterocycles. The molecule has 0 saturated carbocycles. The fourth-order valence-electron chi connectivity index (χ4n) is 5.92. The highest BCUT2D eigenvalue weighted by Gasteiger charge is 2.26. The second-order valence-corrected chi connectivity index (χ2v) is 10.4. The number of hydrogen-bond donors (Lipinski definition) is 0. The number of fused-ring (bicyclic) bond motifs is 3. The van der Waals surface area contributed by atoms with Crippen molar-refractivity contribution in [2.45, 2.75) is 12.8 Å². The Kier molecular flexibility index (Phi) is 6.36. The fraction of sp³-hybridized carbons (Fsp3) is 0.0526. The maximum atomic E-state index is 9.85. The highest BCUT2D eigenvalue weighted by molar-refractivity contribution is 5.88. The summed E-state index contributed by atoms with van der Waals surface area (Å²) in [6.07, 6.45) is 1.40. The zero-order chi connectivity index (χ0) is 28.5. The van der Waals surface area contributed by atoms with E-state index in [1.165, 1.54) is 5.56 Å². The smallest absolute Gasteiger partial charge is 0.219 e. The molecular weight excluding hydrogens is 512 g/mol. The van der Waals surface area contributed by atoms with Gasteiger partial charge in [-0.2, -0.15) is 10.5 Å². The molecule has 1 heterocycles. The Labute approximate surface area is 244 Å². The van der Waals surface area contributed by atoms with Gasteiger partial charge in [-0.05, 0) is 87.2 Å². The fourth-order valence-corrected chi connectivity index (χ4v) is 5.92. The van der Waals surface area contributed by atoms with Crippen molar-refractivity contribution in [3.63, 3.8) is 0 Å². The summed E-state index contributed by atoms with van der Waals surface area (Å²) >= 11 is 0. The minimum absolute atomic E-state index is 0.0160. The Hall–Kier alpha value is -5.84. The normalized spacial score (nSPS) is 11.6. The minimum Gasteiger partial charge on any atom is -0.219 e. The van der Waals surface area contributed by atoms with Crippen LogP contribution in [0.25, 0.3) is 55.8 Å². The molecule has 0 fully saturated rings. The molecule has 4 heteroatoms. The summed E-state index contributed by atoms with van der Waals surface area (Å²) in [5.41, 5.74) is 12.9. The van der Waals surface area contributed by atoms with Crippen LogP contribution in [-0.4, -0.2) is 9.97 Å². The lowest BCUT2D eigenvalue weighted by atomic mass is 9.81. The Morgan fingerprint density at radius 3 is 1.60 bits per heavy atom. The highest BCUT2D eigenvalue weighted by Crippen LogP contribution is 2.43. The van der Waals surface area contributed by atoms with Crippen molar-refractivity contribution in [1.29, 1.82) is 10.5 Å². The monoisotopic (exact) mass is 536 g/mol. The van der Waals surface area contributed by atoms with Crippen LogP contribution < -0.4 is 0 Å². The van der Waals surface area contributed by atoms with Gasteiger partial charge in [-0.1, -0.05) is 97.1 Å². The highest BCUT2D eigenvalue weighted by atomic mass is 14.9. The first-order valence-corrected chi connectivity index (χ1v) is 13.9. The summed E-state index contributed by atoms with van der Waals surface area (Å²) in [6.45, 7) is 0. The summed E-state index contributed by atoms with van der Waals surface area (Å²) < 4.78 is 0. The SMILES string of the molecule is N#Cc1nc(C#N)c2c(n1)-c1cc(-c3cccc(-c4ccccc4)c3)cc(-c3cccc(-c4ccccc4)c3)c1CC2. The van der Waals surface area contributed by atoms with Crippen LogP contribution in [0.4, 0.5) is 0 Å². The number of nitriles is 2. The first-order chi connectivity index (χ1) is 20.7. The molecule has 0 radical (unpaired) electrons. The van der Waals surface area contributed by atoms with Crippen LogP contribution in [0.1, 0.15) is 22.6 Å². The zero-order valence-electron chi connectivity index (χ0n) is 22.8. The summed E-state index contributed by atoms with van der Waals surface area (Å²) in [5.74, 6) is 0.0160. The Balaban J connectivity index is 1.47. The van der Waals surface area contributed by atoms with Crippen LogP contribution in [0.5, 0.6) is 0 Å². The summed E-state index contributed by atoms with van der Waals surface area (Å²) in [7, 11) is 0. The third kappa shape index (κ3) is 4.52. The van der Waals surface area contributed by atoms with Crippen molar-refractivity contribution >= 4 is 0 Å². The van der Waals surface area contributed by atoms with E-state index >= 15 is 0 Å². The van der Waals surface area contributed by atoms with Crippen molar-refractivity contribution in [2.75, 3.05) is 0 Å². The molecule has 4 nitrogen and oxygen atoms in total. The molecule has 5 aromatic carbocycles. The molecule has 0 spiro atoms. The van der Waals surface area contributed by atoms with Crippen LogP contribution >= 0.6 is 0 Å².